The van der Waals surface area contributed by atoms with Crippen molar-refractivity contribution in [2.45, 2.75) is 9.79 Å². The van der Waals surface area contributed by atoms with Gasteiger partial charge in [-0.25, -0.2) is 0 Å². The lowest BCUT2D eigenvalue weighted by Crippen LogP contribution is -2.09. The molecule has 15 heteroatoms. The molecule has 0 saturated heterocycles. The maximum atomic E-state index is 12.5. The average Bonchev–Trinajstić information content (AvgIpc) is 2.89. The van der Waals surface area contributed by atoms with Crippen LogP contribution in [0.2, 0.25) is 0 Å². The number of nitro groups is 2. The Morgan fingerprint density at radius 2 is 0.744 bits per heavy atom. The Hall–Kier alpha value is -5.02. The van der Waals surface area contributed by atoms with Crippen LogP contribution in [0, 0.1) is 20.2 Å². The summed E-state index contributed by atoms with van der Waals surface area (Å²) in [5.41, 5.74) is -0.437. The first-order chi connectivity index (χ1) is 18.4. The zero-order valence-corrected chi connectivity index (χ0v) is 21.1. The van der Waals surface area contributed by atoms with Gasteiger partial charge in [-0.2, -0.15) is 16.8 Å². The van der Waals surface area contributed by atoms with Gasteiger partial charge in [0.2, 0.25) is 0 Å². The molecule has 0 radical (unpaired) electrons. The average molecular weight is 573 g/mol. The first kappa shape index (κ1) is 27.0. The van der Waals surface area contributed by atoms with Crippen molar-refractivity contribution in [2.24, 2.45) is 0 Å². The number of ether oxygens (including phenoxy) is 1. The Labute approximate surface area is 221 Å². The second-order valence-corrected chi connectivity index (χ2v) is 10.7. The van der Waals surface area contributed by atoms with E-state index < -0.39 is 30.1 Å². The molecule has 4 aromatic carbocycles. The van der Waals surface area contributed by atoms with E-state index in [4.69, 9.17) is 13.1 Å². The van der Waals surface area contributed by atoms with Crippen molar-refractivity contribution in [3.63, 3.8) is 0 Å². The third kappa shape index (κ3) is 6.65. The quantitative estimate of drug-likeness (QED) is 0.144. The van der Waals surface area contributed by atoms with E-state index >= 15 is 0 Å². The number of hydrogen-bond donors (Lipinski definition) is 0. The van der Waals surface area contributed by atoms with E-state index in [-0.39, 0.29) is 44.2 Å². The molecule has 0 bridgehead atoms. The van der Waals surface area contributed by atoms with Crippen molar-refractivity contribution in [2.75, 3.05) is 0 Å². The molecule has 0 heterocycles. The van der Waals surface area contributed by atoms with Crippen LogP contribution < -0.4 is 13.1 Å². The van der Waals surface area contributed by atoms with Crippen LogP contribution >= 0.6 is 0 Å². The summed E-state index contributed by atoms with van der Waals surface area (Å²) in [4.78, 5) is 19.8. The molecule has 0 amide bonds. The number of hydrogen-bond acceptors (Lipinski definition) is 11. The number of benzene rings is 4. The molecule has 0 aromatic heterocycles. The minimum Gasteiger partial charge on any atom is -0.457 e. The number of rotatable bonds is 10. The number of nitro benzene ring substituents is 2. The first-order valence-corrected chi connectivity index (χ1v) is 13.5. The summed E-state index contributed by atoms with van der Waals surface area (Å²) in [5, 5.41) is 21.4. The molecule has 0 unspecified atom stereocenters. The van der Waals surface area contributed by atoms with Crippen LogP contribution in [0.5, 0.6) is 23.0 Å². The van der Waals surface area contributed by atoms with Crippen LogP contribution in [-0.4, -0.2) is 26.7 Å². The van der Waals surface area contributed by atoms with Crippen molar-refractivity contribution in [1.82, 2.24) is 0 Å². The van der Waals surface area contributed by atoms with Gasteiger partial charge in [0, 0.05) is 24.3 Å². The topological polar surface area (TPSA) is 182 Å². The summed E-state index contributed by atoms with van der Waals surface area (Å²) in [6, 6.07) is 19.4. The van der Waals surface area contributed by atoms with Gasteiger partial charge in [0.1, 0.15) is 32.8 Å². The van der Waals surface area contributed by atoms with Crippen LogP contribution in [0.1, 0.15) is 0 Å². The van der Waals surface area contributed by atoms with Crippen LogP contribution in [0.15, 0.2) is 107 Å². The Kier molecular flexibility index (Phi) is 7.46. The van der Waals surface area contributed by atoms with Gasteiger partial charge in [-0.05, 0) is 72.8 Å². The molecule has 0 fully saturated rings. The van der Waals surface area contributed by atoms with Crippen molar-refractivity contribution in [3.8, 4) is 23.0 Å². The fraction of sp³-hybridized carbons (Fsp3) is 0. The smallest absolute Gasteiger partial charge is 0.339 e. The molecule has 0 aliphatic rings. The molecule has 0 atom stereocenters. The van der Waals surface area contributed by atoms with E-state index in [0.29, 0.717) is 0 Å². The van der Waals surface area contributed by atoms with E-state index in [2.05, 4.69) is 0 Å². The second kappa shape index (κ2) is 10.8. The maximum Gasteiger partial charge on any atom is 0.339 e. The SMILES string of the molecule is O=[N+]([O-])c1ccc(OS(=O)(=O)c2ccc(Oc3ccc(S(=O)(=O)Oc4ccc([N+](=O)[O-])cc4)cc3)cc2)cc1. The van der Waals surface area contributed by atoms with E-state index in [9.17, 15) is 37.1 Å². The predicted molar refractivity (Wildman–Crippen MR) is 135 cm³/mol. The largest absolute Gasteiger partial charge is 0.457 e. The molecule has 0 spiro atoms. The van der Waals surface area contributed by atoms with Crippen LogP contribution in [0.25, 0.3) is 0 Å². The van der Waals surface area contributed by atoms with Crippen molar-refractivity contribution in [1.29, 1.82) is 0 Å². The van der Waals surface area contributed by atoms with Gasteiger partial charge in [-0.15, -0.1) is 0 Å². The number of nitrogens with zero attached hydrogens (tertiary/aromatic N) is 2. The van der Waals surface area contributed by atoms with Gasteiger partial charge >= 0.3 is 20.2 Å². The van der Waals surface area contributed by atoms with Crippen molar-refractivity contribution >= 4 is 31.6 Å². The summed E-state index contributed by atoms with van der Waals surface area (Å²) in [5.74, 6) is 0.270. The summed E-state index contributed by atoms with van der Waals surface area (Å²) in [6.45, 7) is 0. The Bertz CT molecular complexity index is 1590. The van der Waals surface area contributed by atoms with E-state index in [1.54, 1.807) is 0 Å². The van der Waals surface area contributed by atoms with E-state index in [0.717, 1.165) is 48.5 Å². The summed E-state index contributed by atoms with van der Waals surface area (Å²) < 4.78 is 65.6. The Morgan fingerprint density at radius 3 is 1.03 bits per heavy atom. The molecule has 0 aliphatic carbocycles. The van der Waals surface area contributed by atoms with Crippen molar-refractivity contribution < 1.29 is 39.8 Å². The second-order valence-electron chi connectivity index (χ2n) is 7.62. The highest BCUT2D eigenvalue weighted by Gasteiger charge is 2.19. The van der Waals surface area contributed by atoms with Crippen LogP contribution in [0.3, 0.4) is 0 Å². The van der Waals surface area contributed by atoms with E-state index in [1.807, 2.05) is 0 Å². The minimum atomic E-state index is -4.23. The fourth-order valence-electron chi connectivity index (χ4n) is 3.08. The van der Waals surface area contributed by atoms with Gasteiger partial charge < -0.3 is 13.1 Å². The first-order valence-electron chi connectivity index (χ1n) is 10.7. The summed E-state index contributed by atoms with van der Waals surface area (Å²) in [7, 11) is -8.46. The molecule has 0 saturated carbocycles. The maximum absolute atomic E-state index is 12.5. The lowest BCUT2D eigenvalue weighted by molar-refractivity contribution is -0.385. The van der Waals surface area contributed by atoms with Crippen molar-refractivity contribution in [3.05, 3.63) is 117 Å². The minimum absolute atomic E-state index is 0.103. The van der Waals surface area contributed by atoms with Gasteiger partial charge in [0.25, 0.3) is 11.4 Å². The predicted octanol–water partition coefficient (Wildman–Crippen LogP) is 4.83. The molecular weight excluding hydrogens is 556 g/mol. The molecule has 0 N–H and O–H groups in total. The standard InChI is InChI=1S/C24H16N2O11S2/c27-25(28)17-1-5-21(6-2-17)36-38(31,32)23-13-9-19(10-14-23)35-20-11-15-24(16-12-20)39(33,34)37-22-7-3-18(4-8-22)26(29)30/h1-16H. The van der Waals surface area contributed by atoms with Gasteiger partial charge in [-0.1, -0.05) is 0 Å². The molecule has 13 nitrogen and oxygen atoms in total. The Balaban J connectivity index is 1.40. The molecule has 4 rings (SSSR count). The lowest BCUT2D eigenvalue weighted by Gasteiger charge is -2.10. The van der Waals surface area contributed by atoms with Crippen LogP contribution in [-0.2, 0) is 20.2 Å². The van der Waals surface area contributed by atoms with Gasteiger partial charge in [0.05, 0.1) is 9.85 Å². The molecule has 0 aliphatic heterocycles. The summed E-state index contributed by atoms with van der Waals surface area (Å²) in [6.07, 6.45) is 0. The highest BCUT2D eigenvalue weighted by molar-refractivity contribution is 7.87. The molecule has 39 heavy (non-hydrogen) atoms. The summed E-state index contributed by atoms with van der Waals surface area (Å²) >= 11 is 0. The lowest BCUT2D eigenvalue weighted by atomic mass is 10.3. The zero-order chi connectivity index (χ0) is 28.2. The molecule has 4 aromatic rings. The van der Waals surface area contributed by atoms with Gasteiger partial charge in [-0.3, -0.25) is 20.2 Å². The number of non-ortho nitro benzene ring substituents is 2. The molecular formula is C24H16N2O11S2. The third-order valence-electron chi connectivity index (χ3n) is 4.97. The highest BCUT2D eigenvalue weighted by atomic mass is 32.2. The normalized spacial score (nSPS) is 11.4. The third-order valence-corrected chi connectivity index (χ3v) is 7.49. The zero-order valence-electron chi connectivity index (χ0n) is 19.4. The highest BCUT2D eigenvalue weighted by Crippen LogP contribution is 2.27. The fourth-order valence-corrected chi connectivity index (χ4v) is 4.94. The van der Waals surface area contributed by atoms with E-state index in [1.165, 1.54) is 48.5 Å². The van der Waals surface area contributed by atoms with Crippen LogP contribution in [0.4, 0.5) is 11.4 Å². The Morgan fingerprint density at radius 1 is 0.462 bits per heavy atom. The van der Waals surface area contributed by atoms with Gasteiger partial charge in [0.15, 0.2) is 0 Å². The monoisotopic (exact) mass is 572 g/mol. The molecule has 200 valence electrons.